The van der Waals surface area contributed by atoms with Crippen LogP contribution in [0, 0.1) is 0 Å². The fourth-order valence-corrected chi connectivity index (χ4v) is 2.10. The molecule has 0 spiro atoms. The largest absolute Gasteiger partial charge is 0.482 e. The highest BCUT2D eigenvalue weighted by Gasteiger charge is 2.27. The molecule has 0 unspecified atom stereocenters. The molecule has 1 N–H and O–H groups in total. The minimum atomic E-state index is -1.07. The zero-order valence-corrected chi connectivity index (χ0v) is 11.5. The summed E-state index contributed by atoms with van der Waals surface area (Å²) in [5.74, 6) is -0.327. The molecule has 0 amide bonds. The van der Waals surface area contributed by atoms with Gasteiger partial charge in [0.2, 0.25) is 5.78 Å². The topological polar surface area (TPSA) is 72.8 Å². The maximum absolute atomic E-state index is 12.3. The number of ether oxygens (including phenoxy) is 2. The number of allylic oxidation sites excluding steroid dienone is 1. The minimum Gasteiger partial charge on any atom is -0.482 e. The fraction of sp³-hybridized carbons (Fsp3) is 0.0588. The molecule has 0 saturated heterocycles. The quantitative estimate of drug-likeness (QED) is 0.878. The van der Waals surface area contributed by atoms with Crippen LogP contribution < -0.4 is 9.47 Å². The van der Waals surface area contributed by atoms with E-state index < -0.39 is 12.6 Å². The third kappa shape index (κ3) is 2.83. The molecule has 110 valence electrons. The van der Waals surface area contributed by atoms with Crippen molar-refractivity contribution in [3.8, 4) is 11.5 Å². The van der Waals surface area contributed by atoms with Crippen LogP contribution >= 0.6 is 0 Å². The predicted molar refractivity (Wildman–Crippen MR) is 79.0 cm³/mol. The van der Waals surface area contributed by atoms with Gasteiger partial charge in [-0.3, -0.25) is 4.79 Å². The Morgan fingerprint density at radius 1 is 1.18 bits per heavy atom. The van der Waals surface area contributed by atoms with E-state index in [0.29, 0.717) is 17.1 Å². The van der Waals surface area contributed by atoms with Gasteiger partial charge in [0.05, 0.1) is 5.56 Å². The van der Waals surface area contributed by atoms with Crippen molar-refractivity contribution in [1.82, 2.24) is 0 Å². The highest BCUT2D eigenvalue weighted by molar-refractivity contribution is 6.14. The van der Waals surface area contributed by atoms with Gasteiger partial charge in [-0.05, 0) is 23.8 Å². The molecule has 1 aliphatic rings. The zero-order valence-electron chi connectivity index (χ0n) is 11.5. The summed E-state index contributed by atoms with van der Waals surface area (Å²) in [5.41, 5.74) is 1.30. The van der Waals surface area contributed by atoms with Gasteiger partial charge in [-0.15, -0.1) is 0 Å². The molecular weight excluding hydrogens is 284 g/mol. The number of hydrogen-bond acceptors (Lipinski definition) is 4. The molecule has 0 aromatic heterocycles. The first-order valence-electron chi connectivity index (χ1n) is 6.61. The number of carboxylic acid groups (broad SMARTS) is 1. The maximum Gasteiger partial charge on any atom is 0.341 e. The van der Waals surface area contributed by atoms with E-state index in [1.807, 2.05) is 30.3 Å². The Balaban J connectivity index is 1.84. The van der Waals surface area contributed by atoms with Crippen molar-refractivity contribution in [2.24, 2.45) is 0 Å². The van der Waals surface area contributed by atoms with Crippen LogP contribution in [0.1, 0.15) is 15.9 Å². The molecule has 1 aliphatic heterocycles. The van der Waals surface area contributed by atoms with Gasteiger partial charge in [-0.2, -0.15) is 0 Å². The number of hydrogen-bond donors (Lipinski definition) is 1. The van der Waals surface area contributed by atoms with Gasteiger partial charge in [0.15, 0.2) is 12.4 Å². The molecule has 0 saturated carbocycles. The summed E-state index contributed by atoms with van der Waals surface area (Å²) in [5, 5.41) is 8.60. The number of aliphatic carboxylic acids is 1. The first kappa shape index (κ1) is 13.9. The van der Waals surface area contributed by atoms with E-state index in [2.05, 4.69) is 0 Å². The Hall–Kier alpha value is -3.08. The average Bonchev–Trinajstić information content (AvgIpc) is 2.82. The van der Waals surface area contributed by atoms with E-state index >= 15 is 0 Å². The standard InChI is InChI=1S/C17H12O5/c18-16(19)10-21-12-6-7-13-14(9-12)22-15(17(13)20)8-11-4-2-1-3-5-11/h1-9H,10H2,(H,18,19)/b15-8-. The number of carbonyl (C=O) groups excluding carboxylic acids is 1. The van der Waals surface area contributed by atoms with Crippen LogP contribution in [0.2, 0.25) is 0 Å². The highest BCUT2D eigenvalue weighted by Crippen LogP contribution is 2.34. The van der Waals surface area contributed by atoms with Crippen LogP contribution in [-0.2, 0) is 4.79 Å². The fourth-order valence-electron chi connectivity index (χ4n) is 2.10. The third-order valence-corrected chi connectivity index (χ3v) is 3.10. The van der Waals surface area contributed by atoms with E-state index in [-0.39, 0.29) is 11.5 Å². The normalized spacial score (nSPS) is 14.5. The summed E-state index contributed by atoms with van der Waals surface area (Å²) in [4.78, 5) is 22.7. The molecule has 0 radical (unpaired) electrons. The van der Waals surface area contributed by atoms with Crippen LogP contribution in [-0.4, -0.2) is 23.5 Å². The molecule has 1 heterocycles. The molecule has 0 fully saturated rings. The Labute approximate surface area is 126 Å². The monoisotopic (exact) mass is 296 g/mol. The summed E-state index contributed by atoms with van der Waals surface area (Å²) >= 11 is 0. The van der Waals surface area contributed by atoms with Gasteiger partial charge in [0.1, 0.15) is 11.5 Å². The summed E-state index contributed by atoms with van der Waals surface area (Å²) in [6.45, 7) is -0.445. The first-order valence-corrected chi connectivity index (χ1v) is 6.61. The molecule has 5 nitrogen and oxygen atoms in total. The second-order valence-corrected chi connectivity index (χ2v) is 4.69. The number of fused-ring (bicyclic) bond motifs is 1. The van der Waals surface area contributed by atoms with Gasteiger partial charge >= 0.3 is 5.97 Å². The SMILES string of the molecule is O=C(O)COc1ccc2c(c1)O/C(=C\c1ccccc1)C2=O. The van der Waals surface area contributed by atoms with Crippen molar-refractivity contribution in [2.45, 2.75) is 0 Å². The van der Waals surface area contributed by atoms with Crippen LogP contribution in [0.15, 0.2) is 54.3 Å². The lowest BCUT2D eigenvalue weighted by Gasteiger charge is -2.04. The van der Waals surface area contributed by atoms with Crippen molar-refractivity contribution in [1.29, 1.82) is 0 Å². The lowest BCUT2D eigenvalue weighted by atomic mass is 10.1. The van der Waals surface area contributed by atoms with E-state index in [1.54, 1.807) is 18.2 Å². The van der Waals surface area contributed by atoms with Crippen LogP contribution in [0.25, 0.3) is 6.08 Å². The van der Waals surface area contributed by atoms with Crippen molar-refractivity contribution >= 4 is 17.8 Å². The van der Waals surface area contributed by atoms with Crippen molar-refractivity contribution in [3.05, 3.63) is 65.4 Å². The maximum atomic E-state index is 12.3. The lowest BCUT2D eigenvalue weighted by Crippen LogP contribution is -2.09. The van der Waals surface area contributed by atoms with Gasteiger partial charge in [0.25, 0.3) is 0 Å². The van der Waals surface area contributed by atoms with Gasteiger partial charge < -0.3 is 14.6 Å². The molecule has 3 rings (SSSR count). The highest BCUT2D eigenvalue weighted by atomic mass is 16.5. The Morgan fingerprint density at radius 2 is 1.95 bits per heavy atom. The van der Waals surface area contributed by atoms with Crippen LogP contribution in [0.5, 0.6) is 11.5 Å². The van der Waals surface area contributed by atoms with Crippen molar-refractivity contribution < 1.29 is 24.2 Å². The lowest BCUT2D eigenvalue weighted by molar-refractivity contribution is -0.139. The van der Waals surface area contributed by atoms with Crippen LogP contribution in [0.3, 0.4) is 0 Å². The van der Waals surface area contributed by atoms with Crippen molar-refractivity contribution in [2.75, 3.05) is 6.61 Å². The van der Waals surface area contributed by atoms with Gasteiger partial charge in [0, 0.05) is 6.07 Å². The van der Waals surface area contributed by atoms with E-state index in [9.17, 15) is 9.59 Å². The Morgan fingerprint density at radius 3 is 2.68 bits per heavy atom. The van der Waals surface area contributed by atoms with Crippen molar-refractivity contribution in [3.63, 3.8) is 0 Å². The second kappa shape index (κ2) is 5.73. The second-order valence-electron chi connectivity index (χ2n) is 4.69. The number of rotatable bonds is 4. The summed E-state index contributed by atoms with van der Waals surface area (Å²) in [6, 6.07) is 14.0. The number of benzene rings is 2. The van der Waals surface area contributed by atoms with Crippen LogP contribution in [0.4, 0.5) is 0 Å². The number of carbonyl (C=O) groups is 2. The Kier molecular flexibility index (Phi) is 3.62. The summed E-state index contributed by atoms with van der Waals surface area (Å²) < 4.78 is 10.6. The number of ketones is 1. The minimum absolute atomic E-state index is 0.205. The first-order chi connectivity index (χ1) is 10.6. The zero-order chi connectivity index (χ0) is 15.5. The van der Waals surface area contributed by atoms with Gasteiger partial charge in [-0.1, -0.05) is 30.3 Å². The molecule has 22 heavy (non-hydrogen) atoms. The predicted octanol–water partition coefficient (Wildman–Crippen LogP) is 2.77. The molecule has 0 aliphatic carbocycles. The third-order valence-electron chi connectivity index (χ3n) is 3.10. The smallest absolute Gasteiger partial charge is 0.341 e. The molecule has 0 bridgehead atoms. The van der Waals surface area contributed by atoms with E-state index in [1.165, 1.54) is 6.07 Å². The van der Waals surface area contributed by atoms with E-state index in [0.717, 1.165) is 5.56 Å². The molecule has 5 heteroatoms. The molecular formula is C17H12O5. The summed E-state index contributed by atoms with van der Waals surface area (Å²) in [6.07, 6.45) is 1.67. The number of Topliss-reactive ketones (excluding diaryl/α,β-unsaturated/α-hetero) is 1. The molecule has 2 aromatic rings. The van der Waals surface area contributed by atoms with Gasteiger partial charge in [-0.25, -0.2) is 4.79 Å². The molecule has 2 aromatic carbocycles. The van der Waals surface area contributed by atoms with E-state index in [4.69, 9.17) is 14.6 Å². The summed E-state index contributed by atoms with van der Waals surface area (Å²) in [7, 11) is 0. The molecule has 0 atom stereocenters. The average molecular weight is 296 g/mol. The Bertz CT molecular complexity index is 762. The number of carboxylic acids is 1.